The Hall–Kier alpha value is -2.15. The van der Waals surface area contributed by atoms with E-state index in [9.17, 15) is 9.59 Å². The van der Waals surface area contributed by atoms with E-state index < -0.39 is 11.9 Å². The molecule has 0 unspecified atom stereocenters. The second-order valence-corrected chi connectivity index (χ2v) is 5.83. The van der Waals surface area contributed by atoms with Crippen molar-refractivity contribution in [2.45, 2.75) is 0 Å². The number of rotatable bonds is 5. The molecular weight excluding hydrogens is 377 g/mol. The van der Waals surface area contributed by atoms with Crippen LogP contribution in [0.25, 0.3) is 0 Å². The Morgan fingerprint density at radius 2 is 1.58 bits per heavy atom. The topological polar surface area (TPSA) is 93.5 Å². The molecule has 126 valence electrons. The molecule has 2 rings (SSSR count). The number of primary amides is 1. The minimum atomic E-state index is -0.698. The lowest BCUT2D eigenvalue weighted by Crippen LogP contribution is -2.21. The lowest BCUT2D eigenvalue weighted by molar-refractivity contribution is -0.118. The number of benzene rings is 2. The monoisotopic (exact) mass is 387 g/mol. The number of carbonyl (C=O) groups is 2. The molecule has 4 N–H and O–H groups in total. The smallest absolute Gasteiger partial charge is 0.316 e. The molecule has 0 fully saturated rings. The molecule has 0 aromatic heterocycles. The van der Waals surface area contributed by atoms with Crippen LogP contribution in [0.3, 0.4) is 0 Å². The first-order valence-corrected chi connectivity index (χ1v) is 7.72. The van der Waals surface area contributed by atoms with Gasteiger partial charge in [0.1, 0.15) is 5.75 Å². The number of nitrogens with one attached hydrogen (secondary N) is 2. The molecule has 0 bridgehead atoms. The fourth-order valence-electron chi connectivity index (χ4n) is 1.77. The Kier molecular flexibility index (Phi) is 6.14. The van der Waals surface area contributed by atoms with Gasteiger partial charge in [0.15, 0.2) is 6.61 Å². The molecule has 0 aliphatic heterocycles. The highest BCUT2D eigenvalue weighted by atomic mass is 35.5. The van der Waals surface area contributed by atoms with Crippen molar-refractivity contribution in [3.63, 3.8) is 0 Å². The first-order valence-electron chi connectivity index (χ1n) is 6.59. The fourth-order valence-corrected chi connectivity index (χ4v) is 2.36. The molecule has 0 atom stereocenters. The molecule has 0 saturated carbocycles. The summed E-state index contributed by atoms with van der Waals surface area (Å²) in [7, 11) is 0. The standard InChI is InChI=1S/C15H12Cl3N3O3/c16-10-5-12(18)13(6-11(10)17)24-7-14(22)20-8-2-1-3-9(4-8)21-15(19)23/h1-6H,7H2,(H,20,22)(H3,19,21,23). The lowest BCUT2D eigenvalue weighted by Gasteiger charge is -2.10. The zero-order chi connectivity index (χ0) is 17.7. The highest BCUT2D eigenvalue weighted by molar-refractivity contribution is 6.43. The molecule has 24 heavy (non-hydrogen) atoms. The van der Waals surface area contributed by atoms with Gasteiger partial charge in [-0.25, -0.2) is 4.79 Å². The van der Waals surface area contributed by atoms with Crippen LogP contribution in [-0.2, 0) is 4.79 Å². The van der Waals surface area contributed by atoms with Crippen LogP contribution in [-0.4, -0.2) is 18.5 Å². The maximum absolute atomic E-state index is 11.9. The first kappa shape index (κ1) is 18.2. The Balaban J connectivity index is 1.96. The molecule has 2 aromatic rings. The van der Waals surface area contributed by atoms with Crippen molar-refractivity contribution >= 4 is 58.1 Å². The number of anilines is 2. The van der Waals surface area contributed by atoms with Crippen molar-refractivity contribution in [3.05, 3.63) is 51.5 Å². The number of urea groups is 1. The predicted octanol–water partition coefficient (Wildman–Crippen LogP) is 4.15. The van der Waals surface area contributed by atoms with Crippen molar-refractivity contribution in [1.82, 2.24) is 0 Å². The molecule has 0 spiro atoms. The van der Waals surface area contributed by atoms with E-state index in [4.69, 9.17) is 45.3 Å². The van der Waals surface area contributed by atoms with Gasteiger partial charge < -0.3 is 21.1 Å². The summed E-state index contributed by atoms with van der Waals surface area (Å²) in [6.07, 6.45) is 0. The number of amides is 3. The molecular formula is C15H12Cl3N3O3. The van der Waals surface area contributed by atoms with Crippen molar-refractivity contribution in [2.24, 2.45) is 5.73 Å². The number of nitrogens with two attached hydrogens (primary N) is 1. The van der Waals surface area contributed by atoms with E-state index >= 15 is 0 Å². The summed E-state index contributed by atoms with van der Waals surface area (Å²) < 4.78 is 5.32. The summed E-state index contributed by atoms with van der Waals surface area (Å²) in [6.45, 7) is -0.287. The van der Waals surface area contributed by atoms with Crippen molar-refractivity contribution in [3.8, 4) is 5.75 Å². The van der Waals surface area contributed by atoms with Crippen molar-refractivity contribution < 1.29 is 14.3 Å². The highest BCUT2D eigenvalue weighted by Gasteiger charge is 2.10. The lowest BCUT2D eigenvalue weighted by atomic mass is 10.2. The summed E-state index contributed by atoms with van der Waals surface area (Å²) >= 11 is 17.7. The Morgan fingerprint density at radius 3 is 2.25 bits per heavy atom. The molecule has 0 saturated heterocycles. The summed E-state index contributed by atoms with van der Waals surface area (Å²) in [4.78, 5) is 22.7. The van der Waals surface area contributed by atoms with Crippen LogP contribution >= 0.6 is 34.8 Å². The summed E-state index contributed by atoms with van der Waals surface area (Å²) in [5.74, 6) is -0.182. The third-order valence-electron chi connectivity index (χ3n) is 2.75. The van der Waals surface area contributed by atoms with Crippen LogP contribution < -0.4 is 21.1 Å². The normalized spacial score (nSPS) is 10.1. The number of carbonyl (C=O) groups excluding carboxylic acids is 2. The van der Waals surface area contributed by atoms with Gasteiger partial charge in [-0.3, -0.25) is 4.79 Å². The molecule has 3 amide bonds. The van der Waals surface area contributed by atoms with Crippen LogP contribution in [0.1, 0.15) is 0 Å². The van der Waals surface area contributed by atoms with E-state index in [-0.39, 0.29) is 27.4 Å². The minimum absolute atomic E-state index is 0.241. The fraction of sp³-hybridized carbons (Fsp3) is 0.0667. The van der Waals surface area contributed by atoms with E-state index in [0.29, 0.717) is 11.4 Å². The molecule has 0 aliphatic carbocycles. The van der Waals surface area contributed by atoms with E-state index in [1.807, 2.05) is 0 Å². The van der Waals surface area contributed by atoms with E-state index in [1.165, 1.54) is 12.1 Å². The van der Waals surface area contributed by atoms with Crippen molar-refractivity contribution in [1.29, 1.82) is 0 Å². The number of ether oxygens (including phenoxy) is 1. The maximum atomic E-state index is 11.9. The average Bonchev–Trinajstić information content (AvgIpc) is 2.49. The molecule has 0 radical (unpaired) electrons. The quantitative estimate of drug-likeness (QED) is 0.671. The van der Waals surface area contributed by atoms with Crippen LogP contribution in [0.15, 0.2) is 36.4 Å². The third kappa shape index (κ3) is 5.19. The van der Waals surface area contributed by atoms with Crippen LogP contribution in [0.2, 0.25) is 15.1 Å². The molecule has 2 aromatic carbocycles. The number of hydrogen-bond acceptors (Lipinski definition) is 3. The van der Waals surface area contributed by atoms with Gasteiger partial charge in [0.05, 0.1) is 15.1 Å². The minimum Gasteiger partial charge on any atom is -0.482 e. The van der Waals surface area contributed by atoms with Crippen LogP contribution in [0, 0.1) is 0 Å². The van der Waals surface area contributed by atoms with Gasteiger partial charge in [-0.1, -0.05) is 40.9 Å². The second-order valence-electron chi connectivity index (χ2n) is 4.60. The van der Waals surface area contributed by atoms with Gasteiger partial charge in [0.2, 0.25) is 0 Å². The Morgan fingerprint density at radius 1 is 0.958 bits per heavy atom. The van der Waals surface area contributed by atoms with Crippen molar-refractivity contribution in [2.75, 3.05) is 17.2 Å². The van der Waals surface area contributed by atoms with Crippen LogP contribution in [0.4, 0.5) is 16.2 Å². The summed E-state index contributed by atoms with van der Waals surface area (Å²) in [5, 5.41) is 5.82. The number of hydrogen-bond donors (Lipinski definition) is 3. The SMILES string of the molecule is NC(=O)Nc1cccc(NC(=O)COc2cc(Cl)c(Cl)cc2Cl)c1. The van der Waals surface area contributed by atoms with Gasteiger partial charge in [0, 0.05) is 17.4 Å². The van der Waals surface area contributed by atoms with Gasteiger partial charge >= 0.3 is 6.03 Å². The third-order valence-corrected chi connectivity index (χ3v) is 3.76. The first-order chi connectivity index (χ1) is 11.3. The maximum Gasteiger partial charge on any atom is 0.316 e. The molecule has 0 heterocycles. The average molecular weight is 389 g/mol. The molecule has 6 nitrogen and oxygen atoms in total. The molecule has 9 heteroatoms. The summed E-state index contributed by atoms with van der Waals surface area (Å²) in [5.41, 5.74) is 5.96. The zero-order valence-electron chi connectivity index (χ0n) is 12.1. The van der Waals surface area contributed by atoms with Crippen LogP contribution in [0.5, 0.6) is 5.75 Å². The van der Waals surface area contributed by atoms with Gasteiger partial charge in [-0.05, 0) is 24.3 Å². The van der Waals surface area contributed by atoms with Gasteiger partial charge in [-0.2, -0.15) is 0 Å². The Bertz CT molecular complexity index is 784. The second kappa shape index (κ2) is 8.10. The predicted molar refractivity (Wildman–Crippen MR) is 95.2 cm³/mol. The Labute approximate surface area is 152 Å². The highest BCUT2D eigenvalue weighted by Crippen LogP contribution is 2.33. The zero-order valence-corrected chi connectivity index (χ0v) is 14.4. The van der Waals surface area contributed by atoms with E-state index in [1.54, 1.807) is 24.3 Å². The molecule has 0 aliphatic rings. The number of halogens is 3. The van der Waals surface area contributed by atoms with Gasteiger partial charge in [0.25, 0.3) is 5.91 Å². The van der Waals surface area contributed by atoms with E-state index in [2.05, 4.69) is 10.6 Å². The largest absolute Gasteiger partial charge is 0.482 e. The van der Waals surface area contributed by atoms with E-state index in [0.717, 1.165) is 0 Å². The summed E-state index contributed by atoms with van der Waals surface area (Å²) in [6, 6.07) is 8.64. The van der Waals surface area contributed by atoms with Gasteiger partial charge in [-0.15, -0.1) is 0 Å².